The van der Waals surface area contributed by atoms with E-state index in [4.69, 9.17) is 4.74 Å². The maximum Gasteiger partial charge on any atom is 0.124 e. The van der Waals surface area contributed by atoms with E-state index in [1.54, 1.807) is 12.1 Å². The first kappa shape index (κ1) is 9.12. The van der Waals surface area contributed by atoms with Crippen molar-refractivity contribution < 1.29 is 9.13 Å². The molecular formula is C11H13FN2O. The van der Waals surface area contributed by atoms with E-state index in [9.17, 15) is 4.39 Å². The Morgan fingerprint density at radius 1 is 1.40 bits per heavy atom. The van der Waals surface area contributed by atoms with Crippen LogP contribution in [0.3, 0.4) is 0 Å². The van der Waals surface area contributed by atoms with Gasteiger partial charge >= 0.3 is 0 Å². The van der Waals surface area contributed by atoms with E-state index in [1.165, 1.54) is 6.07 Å². The predicted octanol–water partition coefficient (Wildman–Crippen LogP) is 0.954. The summed E-state index contributed by atoms with van der Waals surface area (Å²) in [7, 11) is 0. The van der Waals surface area contributed by atoms with Crippen LogP contribution in [0.15, 0.2) is 18.2 Å². The molecule has 0 aromatic heterocycles. The molecule has 0 bridgehead atoms. The molecule has 1 spiro atoms. The fraction of sp³-hybridized carbons (Fsp3) is 0.455. The standard InChI is InChI=1S/C11H13FN2O/c12-8-1-2-10-9(5-8)11(3-4-15-10)6-13-7-14-11/h1-2,5,13-14H,3-4,6-7H2. The van der Waals surface area contributed by atoms with Crippen molar-refractivity contribution in [1.29, 1.82) is 0 Å². The van der Waals surface area contributed by atoms with E-state index in [-0.39, 0.29) is 11.4 Å². The molecule has 2 heterocycles. The summed E-state index contributed by atoms with van der Waals surface area (Å²) >= 11 is 0. The Kier molecular flexibility index (Phi) is 1.94. The van der Waals surface area contributed by atoms with Crippen LogP contribution < -0.4 is 15.4 Å². The van der Waals surface area contributed by atoms with Crippen LogP contribution in [-0.2, 0) is 5.54 Å². The van der Waals surface area contributed by atoms with Crippen molar-refractivity contribution in [3.63, 3.8) is 0 Å². The number of ether oxygens (including phenoxy) is 1. The molecule has 2 N–H and O–H groups in total. The van der Waals surface area contributed by atoms with Gasteiger partial charge in [0.05, 0.1) is 12.1 Å². The van der Waals surface area contributed by atoms with Crippen LogP contribution in [0.25, 0.3) is 0 Å². The van der Waals surface area contributed by atoms with Crippen LogP contribution >= 0.6 is 0 Å². The van der Waals surface area contributed by atoms with Crippen molar-refractivity contribution in [2.75, 3.05) is 19.8 Å². The minimum atomic E-state index is -0.202. The van der Waals surface area contributed by atoms with Gasteiger partial charge in [0.1, 0.15) is 11.6 Å². The van der Waals surface area contributed by atoms with Gasteiger partial charge in [0.25, 0.3) is 0 Å². The molecule has 1 aromatic rings. The van der Waals surface area contributed by atoms with Gasteiger partial charge in [-0.3, -0.25) is 5.32 Å². The lowest BCUT2D eigenvalue weighted by Crippen LogP contribution is -2.43. The number of hydrogen-bond acceptors (Lipinski definition) is 3. The van der Waals surface area contributed by atoms with Crippen LogP contribution in [0.2, 0.25) is 0 Å². The normalized spacial score (nSPS) is 28.9. The highest BCUT2D eigenvalue weighted by molar-refractivity contribution is 5.42. The van der Waals surface area contributed by atoms with Crippen molar-refractivity contribution in [1.82, 2.24) is 10.6 Å². The van der Waals surface area contributed by atoms with Crippen LogP contribution in [0.4, 0.5) is 4.39 Å². The summed E-state index contributed by atoms with van der Waals surface area (Å²) in [5, 5.41) is 6.65. The molecule has 0 saturated carbocycles. The highest BCUT2D eigenvalue weighted by atomic mass is 19.1. The van der Waals surface area contributed by atoms with Gasteiger partial charge < -0.3 is 10.1 Å². The van der Waals surface area contributed by atoms with Gasteiger partial charge in [-0.2, -0.15) is 0 Å². The zero-order valence-electron chi connectivity index (χ0n) is 8.35. The lowest BCUT2D eigenvalue weighted by molar-refractivity contribution is 0.208. The zero-order chi connectivity index (χ0) is 10.3. The molecule has 1 aromatic carbocycles. The smallest absolute Gasteiger partial charge is 0.124 e. The fourth-order valence-electron chi connectivity index (χ4n) is 2.41. The quantitative estimate of drug-likeness (QED) is 0.666. The second-order valence-corrected chi connectivity index (χ2v) is 4.10. The topological polar surface area (TPSA) is 33.3 Å². The van der Waals surface area contributed by atoms with Crippen molar-refractivity contribution in [3.05, 3.63) is 29.6 Å². The SMILES string of the molecule is Fc1ccc2c(c1)C1(CCO2)CNCN1. The molecule has 1 saturated heterocycles. The van der Waals surface area contributed by atoms with E-state index in [0.717, 1.165) is 30.9 Å². The zero-order valence-corrected chi connectivity index (χ0v) is 8.35. The third kappa shape index (κ3) is 1.33. The number of benzene rings is 1. The monoisotopic (exact) mass is 208 g/mol. The molecule has 0 radical (unpaired) electrons. The van der Waals surface area contributed by atoms with E-state index >= 15 is 0 Å². The van der Waals surface area contributed by atoms with Gasteiger partial charge in [-0.25, -0.2) is 4.39 Å². The van der Waals surface area contributed by atoms with Crippen molar-refractivity contribution in [2.24, 2.45) is 0 Å². The average Bonchev–Trinajstić information content (AvgIpc) is 2.69. The molecule has 3 nitrogen and oxygen atoms in total. The number of fused-ring (bicyclic) bond motifs is 2. The molecule has 2 aliphatic heterocycles. The number of halogens is 1. The third-order valence-corrected chi connectivity index (χ3v) is 3.22. The number of rotatable bonds is 0. The Morgan fingerprint density at radius 3 is 3.13 bits per heavy atom. The first-order chi connectivity index (χ1) is 7.30. The lowest BCUT2D eigenvalue weighted by atomic mass is 9.85. The maximum atomic E-state index is 13.2. The summed E-state index contributed by atoms with van der Waals surface area (Å²) < 4.78 is 18.8. The first-order valence-corrected chi connectivity index (χ1v) is 5.19. The molecule has 1 unspecified atom stereocenters. The van der Waals surface area contributed by atoms with Crippen LogP contribution in [-0.4, -0.2) is 19.8 Å². The lowest BCUT2D eigenvalue weighted by Gasteiger charge is -2.35. The van der Waals surface area contributed by atoms with Gasteiger partial charge in [0.15, 0.2) is 0 Å². The molecular weight excluding hydrogens is 195 g/mol. The van der Waals surface area contributed by atoms with Gasteiger partial charge in [0, 0.05) is 25.2 Å². The van der Waals surface area contributed by atoms with Crippen LogP contribution in [0.1, 0.15) is 12.0 Å². The number of nitrogens with one attached hydrogen (secondary N) is 2. The maximum absolute atomic E-state index is 13.2. The number of hydrogen-bond donors (Lipinski definition) is 2. The van der Waals surface area contributed by atoms with Gasteiger partial charge in [0.2, 0.25) is 0 Å². The van der Waals surface area contributed by atoms with E-state index in [1.807, 2.05) is 0 Å². The molecule has 3 rings (SSSR count). The first-order valence-electron chi connectivity index (χ1n) is 5.19. The van der Waals surface area contributed by atoms with Crippen LogP contribution in [0.5, 0.6) is 5.75 Å². The minimum absolute atomic E-state index is 0.129. The Morgan fingerprint density at radius 2 is 2.33 bits per heavy atom. The Bertz CT molecular complexity index is 388. The van der Waals surface area contributed by atoms with Gasteiger partial charge in [-0.15, -0.1) is 0 Å². The average molecular weight is 208 g/mol. The molecule has 4 heteroatoms. The highest BCUT2D eigenvalue weighted by Crippen LogP contribution is 2.38. The molecule has 0 aliphatic carbocycles. The minimum Gasteiger partial charge on any atom is -0.493 e. The summed E-state index contributed by atoms with van der Waals surface area (Å²) in [4.78, 5) is 0. The molecule has 1 fully saturated rings. The summed E-state index contributed by atoms with van der Waals surface area (Å²) in [6.45, 7) is 2.30. The summed E-state index contributed by atoms with van der Waals surface area (Å²) in [6.07, 6.45) is 0.885. The second-order valence-electron chi connectivity index (χ2n) is 4.10. The Balaban J connectivity index is 2.12. The predicted molar refractivity (Wildman–Crippen MR) is 54.2 cm³/mol. The third-order valence-electron chi connectivity index (χ3n) is 3.22. The van der Waals surface area contributed by atoms with E-state index < -0.39 is 0 Å². The summed E-state index contributed by atoms with van der Waals surface area (Å²) in [6, 6.07) is 4.74. The molecule has 0 amide bonds. The molecule has 15 heavy (non-hydrogen) atoms. The van der Waals surface area contributed by atoms with Gasteiger partial charge in [-0.05, 0) is 18.2 Å². The Labute approximate surface area is 87.6 Å². The van der Waals surface area contributed by atoms with Crippen molar-refractivity contribution in [3.8, 4) is 5.75 Å². The van der Waals surface area contributed by atoms with Crippen LogP contribution in [0, 0.1) is 5.82 Å². The fourth-order valence-corrected chi connectivity index (χ4v) is 2.41. The van der Waals surface area contributed by atoms with E-state index in [2.05, 4.69) is 10.6 Å². The van der Waals surface area contributed by atoms with Gasteiger partial charge in [-0.1, -0.05) is 0 Å². The largest absolute Gasteiger partial charge is 0.493 e. The molecule has 80 valence electrons. The second kappa shape index (κ2) is 3.18. The summed E-state index contributed by atoms with van der Waals surface area (Å²) in [5.41, 5.74) is 0.814. The molecule has 1 atom stereocenters. The molecule has 2 aliphatic rings. The van der Waals surface area contributed by atoms with Crippen molar-refractivity contribution in [2.45, 2.75) is 12.0 Å². The highest BCUT2D eigenvalue weighted by Gasteiger charge is 2.40. The van der Waals surface area contributed by atoms with Crippen molar-refractivity contribution >= 4 is 0 Å². The summed E-state index contributed by atoms with van der Waals surface area (Å²) in [5.74, 6) is 0.603. The Hall–Kier alpha value is -1.13. The van der Waals surface area contributed by atoms with E-state index in [0.29, 0.717) is 6.61 Å².